The van der Waals surface area contributed by atoms with Crippen molar-refractivity contribution in [3.8, 4) is 0 Å². The number of fused-ring (bicyclic) bond motifs is 2. The zero-order valence-corrected chi connectivity index (χ0v) is 12.0. The van der Waals surface area contributed by atoms with Gasteiger partial charge in [0.15, 0.2) is 0 Å². The molecule has 0 bridgehead atoms. The van der Waals surface area contributed by atoms with Gasteiger partial charge in [0.25, 0.3) is 5.91 Å². The summed E-state index contributed by atoms with van der Waals surface area (Å²) in [4.78, 5) is 17.2. The molecule has 3 heterocycles. The van der Waals surface area contributed by atoms with E-state index in [1.54, 1.807) is 17.0 Å². The van der Waals surface area contributed by atoms with Gasteiger partial charge in [-0.2, -0.15) is 0 Å². The number of carbonyl (C=O) groups excluding carboxylic acids is 1. The van der Waals surface area contributed by atoms with Crippen LogP contribution in [0.25, 0.3) is 10.9 Å². The Kier molecular flexibility index (Phi) is 2.94. The van der Waals surface area contributed by atoms with Gasteiger partial charge in [0.05, 0.1) is 11.1 Å². The van der Waals surface area contributed by atoms with Crippen LogP contribution in [0.2, 0.25) is 0 Å². The molecular formula is C17H16N4O. The van der Waals surface area contributed by atoms with Gasteiger partial charge in [-0.25, -0.2) is 0 Å². The highest BCUT2D eigenvalue weighted by atomic mass is 16.2. The van der Waals surface area contributed by atoms with E-state index in [2.05, 4.69) is 10.3 Å². The summed E-state index contributed by atoms with van der Waals surface area (Å²) in [6, 6.07) is 7.50. The summed E-state index contributed by atoms with van der Waals surface area (Å²) in [6.45, 7) is 1.65. The Bertz CT molecular complexity index is 881. The maximum atomic E-state index is 13.0. The van der Waals surface area contributed by atoms with Crippen molar-refractivity contribution in [2.75, 3.05) is 12.3 Å². The van der Waals surface area contributed by atoms with Crippen molar-refractivity contribution in [2.24, 2.45) is 0 Å². The van der Waals surface area contributed by atoms with Gasteiger partial charge in [-0.1, -0.05) is 6.07 Å². The molecule has 0 fully saturated rings. The summed E-state index contributed by atoms with van der Waals surface area (Å²) in [5, 5.41) is 4.20. The van der Waals surface area contributed by atoms with E-state index in [1.807, 2.05) is 30.5 Å². The van der Waals surface area contributed by atoms with E-state index >= 15 is 0 Å². The van der Waals surface area contributed by atoms with Crippen molar-refractivity contribution in [3.63, 3.8) is 0 Å². The molecule has 0 saturated carbocycles. The SMILES string of the molecule is Nc1cccc2c1ccn2C(=O)c1cncc2c1CCNC2. The molecule has 110 valence electrons. The molecule has 1 aromatic carbocycles. The Morgan fingerprint density at radius 1 is 1.27 bits per heavy atom. The predicted molar refractivity (Wildman–Crippen MR) is 85.7 cm³/mol. The van der Waals surface area contributed by atoms with Gasteiger partial charge in [-0.3, -0.25) is 14.3 Å². The summed E-state index contributed by atoms with van der Waals surface area (Å²) >= 11 is 0. The Morgan fingerprint density at radius 3 is 3.09 bits per heavy atom. The van der Waals surface area contributed by atoms with Gasteiger partial charge in [0.2, 0.25) is 0 Å². The second-order valence-electron chi connectivity index (χ2n) is 5.52. The first-order valence-electron chi connectivity index (χ1n) is 7.32. The molecular weight excluding hydrogens is 276 g/mol. The molecule has 0 radical (unpaired) electrons. The number of nitrogens with one attached hydrogen (secondary N) is 1. The fourth-order valence-corrected chi connectivity index (χ4v) is 3.10. The molecule has 0 atom stereocenters. The van der Waals surface area contributed by atoms with Crippen LogP contribution in [-0.2, 0) is 13.0 Å². The number of benzene rings is 1. The fourth-order valence-electron chi connectivity index (χ4n) is 3.10. The number of nitrogens with zero attached hydrogens (tertiary/aromatic N) is 2. The number of carbonyl (C=O) groups is 1. The number of hydrogen-bond donors (Lipinski definition) is 2. The fraction of sp³-hybridized carbons (Fsp3) is 0.176. The summed E-state index contributed by atoms with van der Waals surface area (Å²) in [7, 11) is 0. The second kappa shape index (κ2) is 4.96. The van der Waals surface area contributed by atoms with Crippen LogP contribution in [0.1, 0.15) is 21.5 Å². The molecule has 2 aromatic heterocycles. The Morgan fingerprint density at radius 2 is 2.18 bits per heavy atom. The van der Waals surface area contributed by atoms with Gasteiger partial charge >= 0.3 is 0 Å². The van der Waals surface area contributed by atoms with Crippen LogP contribution in [0.5, 0.6) is 0 Å². The quantitative estimate of drug-likeness (QED) is 0.672. The molecule has 5 nitrogen and oxygen atoms in total. The van der Waals surface area contributed by atoms with E-state index in [0.717, 1.165) is 41.5 Å². The predicted octanol–water partition coefficient (Wildman–Crippen LogP) is 1.95. The van der Waals surface area contributed by atoms with Gasteiger partial charge in [-0.05, 0) is 42.3 Å². The second-order valence-corrected chi connectivity index (χ2v) is 5.52. The third kappa shape index (κ3) is 1.90. The van der Waals surface area contributed by atoms with Crippen LogP contribution in [-0.4, -0.2) is 22.0 Å². The third-order valence-corrected chi connectivity index (χ3v) is 4.23. The van der Waals surface area contributed by atoms with Crippen LogP contribution in [0, 0.1) is 0 Å². The van der Waals surface area contributed by atoms with Gasteiger partial charge in [0.1, 0.15) is 0 Å². The first kappa shape index (κ1) is 13.0. The molecule has 3 N–H and O–H groups in total. The van der Waals surface area contributed by atoms with Crippen LogP contribution in [0.3, 0.4) is 0 Å². The first-order chi connectivity index (χ1) is 10.8. The van der Waals surface area contributed by atoms with E-state index in [9.17, 15) is 4.79 Å². The molecule has 3 aromatic rings. The summed E-state index contributed by atoms with van der Waals surface area (Å²) in [5.41, 5.74) is 10.4. The number of anilines is 1. The van der Waals surface area contributed by atoms with Crippen LogP contribution in [0.4, 0.5) is 5.69 Å². The Hall–Kier alpha value is -2.66. The maximum Gasteiger partial charge on any atom is 0.264 e. The zero-order chi connectivity index (χ0) is 15.1. The molecule has 0 saturated heterocycles. The largest absolute Gasteiger partial charge is 0.398 e. The third-order valence-electron chi connectivity index (χ3n) is 4.23. The smallest absolute Gasteiger partial charge is 0.264 e. The summed E-state index contributed by atoms with van der Waals surface area (Å²) in [6.07, 6.45) is 6.14. The van der Waals surface area contributed by atoms with Crippen molar-refractivity contribution < 1.29 is 4.79 Å². The van der Waals surface area contributed by atoms with Crippen molar-refractivity contribution in [2.45, 2.75) is 13.0 Å². The van der Waals surface area contributed by atoms with Crippen molar-refractivity contribution in [1.82, 2.24) is 14.9 Å². The molecule has 0 aliphatic carbocycles. The number of nitrogen functional groups attached to an aromatic ring is 1. The lowest BCUT2D eigenvalue weighted by atomic mass is 9.98. The molecule has 5 heteroatoms. The highest BCUT2D eigenvalue weighted by Crippen LogP contribution is 2.24. The molecule has 4 rings (SSSR count). The molecule has 0 amide bonds. The van der Waals surface area contributed by atoms with E-state index in [0.29, 0.717) is 11.3 Å². The van der Waals surface area contributed by atoms with Gasteiger partial charge in [-0.15, -0.1) is 0 Å². The minimum absolute atomic E-state index is 0.0492. The van der Waals surface area contributed by atoms with Crippen LogP contribution in [0.15, 0.2) is 42.9 Å². The Labute approximate surface area is 127 Å². The zero-order valence-electron chi connectivity index (χ0n) is 12.0. The van der Waals surface area contributed by atoms with Crippen molar-refractivity contribution in [1.29, 1.82) is 0 Å². The van der Waals surface area contributed by atoms with E-state index in [1.165, 1.54) is 0 Å². The number of nitrogens with two attached hydrogens (primary N) is 1. The van der Waals surface area contributed by atoms with Crippen LogP contribution >= 0.6 is 0 Å². The van der Waals surface area contributed by atoms with Gasteiger partial charge in [0, 0.05) is 36.2 Å². The average Bonchev–Trinajstić information content (AvgIpc) is 2.99. The number of pyridine rings is 1. The monoisotopic (exact) mass is 292 g/mol. The van der Waals surface area contributed by atoms with Crippen molar-refractivity contribution >= 4 is 22.5 Å². The standard InChI is InChI=1S/C17H16N4O/c18-15-2-1-3-16-13(15)5-7-21(16)17(22)14-10-20-9-11-8-19-6-4-12(11)14/h1-3,5,7,9-10,19H,4,6,8,18H2. The molecule has 0 spiro atoms. The molecule has 0 unspecified atom stereocenters. The summed E-state index contributed by atoms with van der Waals surface area (Å²) in [5.74, 6) is -0.0492. The highest BCUT2D eigenvalue weighted by Gasteiger charge is 2.20. The molecule has 1 aliphatic rings. The average molecular weight is 292 g/mol. The van der Waals surface area contributed by atoms with E-state index in [4.69, 9.17) is 5.73 Å². The summed E-state index contributed by atoms with van der Waals surface area (Å²) < 4.78 is 1.66. The lowest BCUT2D eigenvalue weighted by Crippen LogP contribution is -2.26. The van der Waals surface area contributed by atoms with Gasteiger partial charge < -0.3 is 11.1 Å². The maximum absolute atomic E-state index is 13.0. The molecule has 1 aliphatic heterocycles. The van der Waals surface area contributed by atoms with E-state index in [-0.39, 0.29) is 5.91 Å². The number of aromatic nitrogens is 2. The number of rotatable bonds is 1. The van der Waals surface area contributed by atoms with Crippen LogP contribution < -0.4 is 11.1 Å². The molecule has 22 heavy (non-hydrogen) atoms. The lowest BCUT2D eigenvalue weighted by molar-refractivity contribution is 0.0963. The number of hydrogen-bond acceptors (Lipinski definition) is 4. The Balaban J connectivity index is 1.86. The van der Waals surface area contributed by atoms with E-state index < -0.39 is 0 Å². The minimum Gasteiger partial charge on any atom is -0.398 e. The normalized spacial score (nSPS) is 14.0. The lowest BCUT2D eigenvalue weighted by Gasteiger charge is -2.19. The van der Waals surface area contributed by atoms with Crippen molar-refractivity contribution in [3.05, 3.63) is 59.5 Å². The minimum atomic E-state index is -0.0492. The highest BCUT2D eigenvalue weighted by molar-refractivity contribution is 6.05. The topological polar surface area (TPSA) is 72.9 Å². The first-order valence-corrected chi connectivity index (χ1v) is 7.32.